The molecular weight excluding hydrogens is 377 g/mol. The zero-order valence-corrected chi connectivity index (χ0v) is 14.6. The summed E-state index contributed by atoms with van der Waals surface area (Å²) in [6.45, 7) is 2.69. The summed E-state index contributed by atoms with van der Waals surface area (Å²) in [5.41, 5.74) is 0.814. The van der Waals surface area contributed by atoms with Crippen LogP contribution in [0.25, 0.3) is 0 Å². The lowest BCUT2D eigenvalue weighted by Gasteiger charge is -2.13. The van der Waals surface area contributed by atoms with Crippen molar-refractivity contribution in [1.29, 1.82) is 0 Å². The molecule has 1 aromatic carbocycles. The molecule has 4 nitrogen and oxygen atoms in total. The van der Waals surface area contributed by atoms with Gasteiger partial charge in [-0.1, -0.05) is 23.2 Å². The number of nitrogens with one attached hydrogen (secondary N) is 2. The number of hydrogen-bond donors (Lipinski definition) is 2. The zero-order valence-electron chi connectivity index (χ0n) is 11.5. The Morgan fingerprint density at radius 2 is 1.90 bits per heavy atom. The van der Waals surface area contributed by atoms with Gasteiger partial charge in [-0.2, -0.15) is 0 Å². The van der Waals surface area contributed by atoms with Crippen molar-refractivity contribution >= 4 is 56.5 Å². The number of pyridine rings is 1. The smallest absolute Gasteiger partial charge is 0.151 e. The minimum atomic E-state index is 0.448. The molecule has 0 aliphatic carbocycles. The van der Waals surface area contributed by atoms with Crippen LogP contribution in [0, 0.1) is 0 Å². The number of methoxy groups -OCH3 is 1. The first-order chi connectivity index (χ1) is 10.0. The Kier molecular flexibility index (Phi) is 5.56. The third kappa shape index (κ3) is 3.93. The first-order valence-corrected chi connectivity index (χ1v) is 7.80. The zero-order chi connectivity index (χ0) is 15.4. The van der Waals surface area contributed by atoms with Crippen molar-refractivity contribution in [2.24, 2.45) is 0 Å². The van der Waals surface area contributed by atoms with Crippen LogP contribution >= 0.6 is 39.1 Å². The summed E-state index contributed by atoms with van der Waals surface area (Å²) in [7, 11) is 1.61. The van der Waals surface area contributed by atoms with E-state index in [-0.39, 0.29) is 0 Å². The fourth-order valence-corrected chi connectivity index (χ4v) is 2.60. The molecule has 1 heterocycles. The molecule has 2 aromatic rings. The molecule has 21 heavy (non-hydrogen) atoms. The second-order valence-corrected chi connectivity index (χ2v) is 5.82. The molecule has 0 atom stereocenters. The van der Waals surface area contributed by atoms with E-state index in [9.17, 15) is 0 Å². The quantitative estimate of drug-likeness (QED) is 0.723. The maximum atomic E-state index is 6.18. The fraction of sp³-hybridized carbons (Fsp3) is 0.214. The third-order valence-electron chi connectivity index (χ3n) is 2.69. The van der Waals surface area contributed by atoms with Crippen molar-refractivity contribution < 1.29 is 4.74 Å². The topological polar surface area (TPSA) is 46.2 Å². The van der Waals surface area contributed by atoms with E-state index in [0.717, 1.165) is 22.5 Å². The largest absolute Gasteiger partial charge is 0.495 e. The molecule has 0 aliphatic heterocycles. The maximum absolute atomic E-state index is 6.18. The average Bonchev–Trinajstić information content (AvgIpc) is 2.46. The number of nitrogens with zero attached hydrogens (tertiary/aromatic N) is 1. The molecule has 0 bridgehead atoms. The summed E-state index contributed by atoms with van der Waals surface area (Å²) in [6.07, 6.45) is 0. The number of halogens is 3. The molecule has 1 aromatic heterocycles. The molecule has 0 unspecified atom stereocenters. The minimum Gasteiger partial charge on any atom is -0.495 e. The molecule has 7 heteroatoms. The molecule has 0 saturated heterocycles. The number of ether oxygens (including phenoxy) is 1. The Balaban J connectivity index is 2.32. The molecule has 0 aliphatic rings. The predicted octanol–water partition coefficient (Wildman–Crippen LogP) is 5.33. The van der Waals surface area contributed by atoms with Crippen molar-refractivity contribution in [1.82, 2.24) is 4.98 Å². The highest BCUT2D eigenvalue weighted by Crippen LogP contribution is 2.33. The van der Waals surface area contributed by atoms with E-state index in [1.165, 1.54) is 0 Å². The second-order valence-electron chi connectivity index (χ2n) is 4.15. The lowest BCUT2D eigenvalue weighted by Crippen LogP contribution is -2.03. The lowest BCUT2D eigenvalue weighted by atomic mass is 10.3. The minimum absolute atomic E-state index is 0.448. The van der Waals surface area contributed by atoms with Crippen molar-refractivity contribution in [3.8, 4) is 5.75 Å². The highest BCUT2D eigenvalue weighted by Gasteiger charge is 2.10. The van der Waals surface area contributed by atoms with Gasteiger partial charge in [-0.15, -0.1) is 0 Å². The van der Waals surface area contributed by atoms with Crippen molar-refractivity contribution in [3.05, 3.63) is 38.8 Å². The van der Waals surface area contributed by atoms with Gasteiger partial charge in [0.25, 0.3) is 0 Å². The van der Waals surface area contributed by atoms with Crippen molar-refractivity contribution in [2.45, 2.75) is 6.92 Å². The van der Waals surface area contributed by atoms with Gasteiger partial charge in [0, 0.05) is 18.3 Å². The third-order valence-corrected chi connectivity index (χ3v) is 3.92. The van der Waals surface area contributed by atoms with E-state index in [2.05, 4.69) is 31.5 Å². The summed E-state index contributed by atoms with van der Waals surface area (Å²) in [4.78, 5) is 4.40. The van der Waals surface area contributed by atoms with Crippen LogP contribution in [-0.4, -0.2) is 18.6 Å². The predicted molar refractivity (Wildman–Crippen MR) is 92.4 cm³/mol. The average molecular weight is 391 g/mol. The van der Waals surface area contributed by atoms with E-state index in [1.807, 2.05) is 25.1 Å². The van der Waals surface area contributed by atoms with E-state index >= 15 is 0 Å². The number of anilines is 3. The van der Waals surface area contributed by atoms with Gasteiger partial charge >= 0.3 is 0 Å². The van der Waals surface area contributed by atoms with Gasteiger partial charge in [0.15, 0.2) is 5.82 Å². The Labute approximate surface area is 141 Å². The van der Waals surface area contributed by atoms with Gasteiger partial charge in [0.05, 0.1) is 21.6 Å². The van der Waals surface area contributed by atoms with Crippen LogP contribution in [0.4, 0.5) is 17.3 Å². The van der Waals surface area contributed by atoms with Crippen LogP contribution < -0.4 is 15.4 Å². The summed E-state index contributed by atoms with van der Waals surface area (Å²) < 4.78 is 6.14. The number of benzene rings is 1. The summed E-state index contributed by atoms with van der Waals surface area (Å²) in [5.74, 6) is 1.84. The van der Waals surface area contributed by atoms with Crippen LogP contribution in [0.2, 0.25) is 10.0 Å². The molecule has 112 valence electrons. The molecule has 2 rings (SSSR count). The van der Waals surface area contributed by atoms with Gasteiger partial charge in [0.1, 0.15) is 11.6 Å². The summed E-state index contributed by atoms with van der Waals surface area (Å²) in [6, 6.07) is 7.29. The van der Waals surface area contributed by atoms with Gasteiger partial charge in [-0.05, 0) is 41.1 Å². The Hall–Kier alpha value is -1.17. The van der Waals surface area contributed by atoms with E-state index in [1.54, 1.807) is 13.2 Å². The van der Waals surface area contributed by atoms with Crippen LogP contribution in [0.15, 0.2) is 28.7 Å². The van der Waals surface area contributed by atoms with Crippen LogP contribution in [0.3, 0.4) is 0 Å². The molecule has 0 fully saturated rings. The van der Waals surface area contributed by atoms with Gasteiger partial charge < -0.3 is 15.4 Å². The normalized spacial score (nSPS) is 10.3. The van der Waals surface area contributed by atoms with Gasteiger partial charge in [-0.3, -0.25) is 0 Å². The Morgan fingerprint density at radius 1 is 1.19 bits per heavy atom. The Bertz CT molecular complexity index is 652. The second kappa shape index (κ2) is 7.20. The SMILES string of the molecule is CCNc1nc(Nc2ccc(Br)c(OC)c2)c(Cl)cc1Cl. The molecule has 0 saturated carbocycles. The van der Waals surface area contributed by atoms with Crippen LogP contribution in [0.1, 0.15) is 6.92 Å². The molecule has 2 N–H and O–H groups in total. The number of rotatable bonds is 5. The molecule has 0 amide bonds. The first kappa shape index (κ1) is 16.2. The van der Waals surface area contributed by atoms with Crippen LogP contribution in [-0.2, 0) is 0 Å². The highest BCUT2D eigenvalue weighted by atomic mass is 79.9. The fourth-order valence-electron chi connectivity index (χ4n) is 1.72. The van der Waals surface area contributed by atoms with Crippen LogP contribution in [0.5, 0.6) is 5.75 Å². The van der Waals surface area contributed by atoms with Gasteiger partial charge in [0.2, 0.25) is 0 Å². The summed E-state index contributed by atoms with van der Waals surface area (Å²) in [5, 5.41) is 7.18. The Morgan fingerprint density at radius 3 is 2.57 bits per heavy atom. The maximum Gasteiger partial charge on any atom is 0.151 e. The van der Waals surface area contributed by atoms with E-state index in [0.29, 0.717) is 21.7 Å². The lowest BCUT2D eigenvalue weighted by molar-refractivity contribution is 0.412. The molecular formula is C14H14BrCl2N3O. The van der Waals surface area contributed by atoms with E-state index in [4.69, 9.17) is 27.9 Å². The monoisotopic (exact) mass is 389 g/mol. The van der Waals surface area contributed by atoms with Crippen molar-refractivity contribution in [2.75, 3.05) is 24.3 Å². The number of hydrogen-bond acceptors (Lipinski definition) is 4. The van der Waals surface area contributed by atoms with E-state index < -0.39 is 0 Å². The summed E-state index contributed by atoms with van der Waals surface area (Å²) >= 11 is 15.7. The first-order valence-electron chi connectivity index (χ1n) is 6.25. The number of aromatic nitrogens is 1. The highest BCUT2D eigenvalue weighted by molar-refractivity contribution is 9.10. The molecule has 0 spiro atoms. The standard InChI is InChI=1S/C14H14BrCl2N3O/c1-3-18-13-10(16)7-11(17)14(20-13)19-8-4-5-9(15)12(6-8)21-2/h4-7H,3H2,1-2H3,(H2,18,19,20). The molecule has 0 radical (unpaired) electrons. The van der Waals surface area contributed by atoms with Crippen molar-refractivity contribution in [3.63, 3.8) is 0 Å². The van der Waals surface area contributed by atoms with Gasteiger partial charge in [-0.25, -0.2) is 4.98 Å².